The highest BCUT2D eigenvalue weighted by atomic mass is 16.3. The van der Waals surface area contributed by atoms with Crippen LogP contribution in [0.1, 0.15) is 5.56 Å². The monoisotopic (exact) mass is 185 g/mol. The van der Waals surface area contributed by atoms with Crippen LogP contribution in [0.3, 0.4) is 0 Å². The summed E-state index contributed by atoms with van der Waals surface area (Å²) in [5.74, 6) is 0. The maximum absolute atomic E-state index is 11.8. The van der Waals surface area contributed by atoms with Crippen LogP contribution in [0.4, 0.5) is 0 Å². The van der Waals surface area contributed by atoms with E-state index < -0.39 is 0 Å². The third kappa shape index (κ3) is 1.35. The Kier molecular flexibility index (Phi) is 2.19. The molecule has 1 radical (unpaired) electrons. The van der Waals surface area contributed by atoms with E-state index in [0.29, 0.717) is 23.0 Å². The molecule has 1 aromatic carbocycles. The molecule has 0 fully saturated rings. The number of hydrogen-bond donors (Lipinski definition) is 0. The van der Waals surface area contributed by atoms with Crippen molar-refractivity contribution in [2.24, 2.45) is 0 Å². The highest BCUT2D eigenvalue weighted by molar-refractivity contribution is 5.76. The Morgan fingerprint density at radius 1 is 1.43 bits per heavy atom. The van der Waals surface area contributed by atoms with Gasteiger partial charge in [0.1, 0.15) is 5.58 Å². The van der Waals surface area contributed by atoms with Crippen molar-refractivity contribution in [1.82, 2.24) is 0 Å². The van der Waals surface area contributed by atoms with Gasteiger partial charge >= 0.3 is 0 Å². The van der Waals surface area contributed by atoms with Crippen LogP contribution in [0.2, 0.25) is 0 Å². The summed E-state index contributed by atoms with van der Waals surface area (Å²) in [6, 6.07) is 7.15. The number of rotatable bonds is 2. The standard InChI is InChI=1S/C12H9O2/c1-2-5-9-8-14-11-7-4-3-6-10(11)12(9)13/h2-4,6-7H,1,5H2. The SMILES string of the molecule is C=CCc1[c]oc2ccccc2c1=O. The van der Waals surface area contributed by atoms with Crippen LogP contribution in [0, 0.1) is 6.26 Å². The zero-order chi connectivity index (χ0) is 9.97. The first-order chi connectivity index (χ1) is 6.83. The van der Waals surface area contributed by atoms with E-state index in [4.69, 9.17) is 4.42 Å². The molecule has 0 aliphatic rings. The molecule has 1 aromatic heterocycles. The van der Waals surface area contributed by atoms with Crippen LogP contribution >= 0.6 is 0 Å². The van der Waals surface area contributed by atoms with Gasteiger partial charge in [-0.05, 0) is 18.6 Å². The molecule has 2 nitrogen and oxygen atoms in total. The summed E-state index contributed by atoms with van der Waals surface area (Å²) < 4.78 is 5.20. The van der Waals surface area contributed by atoms with E-state index in [1.165, 1.54) is 0 Å². The molecule has 2 heteroatoms. The van der Waals surface area contributed by atoms with E-state index in [2.05, 4.69) is 12.8 Å². The Morgan fingerprint density at radius 3 is 3.00 bits per heavy atom. The molecular formula is C12H9O2. The van der Waals surface area contributed by atoms with Gasteiger partial charge in [-0.25, -0.2) is 0 Å². The second-order valence-electron chi connectivity index (χ2n) is 3.00. The van der Waals surface area contributed by atoms with E-state index in [9.17, 15) is 4.79 Å². The normalized spacial score (nSPS) is 10.3. The number of hydrogen-bond acceptors (Lipinski definition) is 2. The summed E-state index contributed by atoms with van der Waals surface area (Å²) in [7, 11) is 0. The van der Waals surface area contributed by atoms with Gasteiger partial charge in [0.15, 0.2) is 11.7 Å². The van der Waals surface area contributed by atoms with Crippen molar-refractivity contribution >= 4 is 11.0 Å². The highest BCUT2D eigenvalue weighted by Crippen LogP contribution is 2.09. The molecule has 2 rings (SSSR count). The lowest BCUT2D eigenvalue weighted by molar-refractivity contribution is 0.585. The quantitative estimate of drug-likeness (QED) is 0.672. The average molecular weight is 185 g/mol. The third-order valence-electron chi connectivity index (χ3n) is 2.04. The number of para-hydroxylation sites is 1. The Hall–Kier alpha value is -1.83. The van der Waals surface area contributed by atoms with Crippen LogP contribution in [0.15, 0.2) is 46.1 Å². The number of fused-ring (bicyclic) bond motifs is 1. The lowest BCUT2D eigenvalue weighted by Crippen LogP contribution is -2.07. The fourth-order valence-electron chi connectivity index (χ4n) is 1.35. The summed E-state index contributed by atoms with van der Waals surface area (Å²) in [5.41, 5.74) is 1.08. The molecule has 1 heterocycles. The average Bonchev–Trinajstić information content (AvgIpc) is 2.23. The Bertz CT molecular complexity index is 523. The van der Waals surface area contributed by atoms with Gasteiger partial charge in [-0.3, -0.25) is 4.79 Å². The third-order valence-corrected chi connectivity index (χ3v) is 2.04. The minimum absolute atomic E-state index is 0.0215. The molecule has 0 saturated heterocycles. The molecule has 0 saturated carbocycles. The molecule has 0 aliphatic heterocycles. The van der Waals surface area contributed by atoms with Crippen LogP contribution in [-0.2, 0) is 6.42 Å². The molecule has 14 heavy (non-hydrogen) atoms. The van der Waals surface area contributed by atoms with Gasteiger partial charge in [0.2, 0.25) is 0 Å². The molecule has 0 bridgehead atoms. The first-order valence-corrected chi connectivity index (χ1v) is 4.36. The molecular weight excluding hydrogens is 176 g/mol. The predicted molar refractivity (Wildman–Crippen MR) is 55.2 cm³/mol. The first kappa shape index (κ1) is 8.75. The Morgan fingerprint density at radius 2 is 2.21 bits per heavy atom. The van der Waals surface area contributed by atoms with E-state index in [1.54, 1.807) is 18.2 Å². The van der Waals surface area contributed by atoms with Crippen LogP contribution in [0.25, 0.3) is 11.0 Å². The fourth-order valence-corrected chi connectivity index (χ4v) is 1.35. The van der Waals surface area contributed by atoms with Crippen molar-refractivity contribution in [2.75, 3.05) is 0 Å². The molecule has 0 aliphatic carbocycles. The summed E-state index contributed by atoms with van der Waals surface area (Å²) in [6.07, 6.45) is 4.78. The fraction of sp³-hybridized carbons (Fsp3) is 0.0833. The summed E-state index contributed by atoms with van der Waals surface area (Å²) >= 11 is 0. The van der Waals surface area contributed by atoms with Gasteiger partial charge in [0, 0.05) is 0 Å². The van der Waals surface area contributed by atoms with Crippen molar-refractivity contribution in [3.8, 4) is 0 Å². The van der Waals surface area contributed by atoms with Gasteiger partial charge in [-0.15, -0.1) is 6.58 Å². The van der Waals surface area contributed by atoms with Gasteiger partial charge in [0.25, 0.3) is 0 Å². The minimum atomic E-state index is -0.0215. The van der Waals surface area contributed by atoms with E-state index in [0.717, 1.165) is 0 Å². The number of allylic oxidation sites excluding steroid dienone is 1. The van der Waals surface area contributed by atoms with Crippen LogP contribution in [0.5, 0.6) is 0 Å². The minimum Gasteiger partial charge on any atom is -0.452 e. The molecule has 0 spiro atoms. The second-order valence-corrected chi connectivity index (χ2v) is 3.00. The van der Waals surface area contributed by atoms with Gasteiger partial charge in [0.05, 0.1) is 10.9 Å². The topological polar surface area (TPSA) is 30.2 Å². The lowest BCUT2D eigenvalue weighted by atomic mass is 10.1. The van der Waals surface area contributed by atoms with Crippen molar-refractivity contribution in [3.05, 3.63) is 59.0 Å². The van der Waals surface area contributed by atoms with E-state index >= 15 is 0 Å². The molecule has 0 unspecified atom stereocenters. The molecule has 0 amide bonds. The maximum Gasteiger partial charge on any atom is 0.196 e. The van der Waals surface area contributed by atoms with Crippen molar-refractivity contribution in [2.45, 2.75) is 6.42 Å². The smallest absolute Gasteiger partial charge is 0.196 e. The van der Waals surface area contributed by atoms with E-state index in [-0.39, 0.29) is 5.43 Å². The Labute approximate surface area is 81.5 Å². The largest absolute Gasteiger partial charge is 0.452 e. The first-order valence-electron chi connectivity index (χ1n) is 4.36. The summed E-state index contributed by atoms with van der Waals surface area (Å²) in [5, 5.41) is 0.600. The number of benzene rings is 1. The zero-order valence-corrected chi connectivity index (χ0v) is 7.62. The van der Waals surface area contributed by atoms with Gasteiger partial charge < -0.3 is 4.42 Å². The van der Waals surface area contributed by atoms with Crippen LogP contribution in [-0.4, -0.2) is 0 Å². The van der Waals surface area contributed by atoms with Crippen LogP contribution < -0.4 is 5.43 Å². The van der Waals surface area contributed by atoms with Crippen molar-refractivity contribution in [1.29, 1.82) is 0 Å². The molecule has 0 N–H and O–H groups in total. The molecule has 69 valence electrons. The maximum atomic E-state index is 11.8. The summed E-state index contributed by atoms with van der Waals surface area (Å²) in [6.45, 7) is 3.58. The van der Waals surface area contributed by atoms with E-state index in [1.807, 2.05) is 12.1 Å². The molecule has 0 atom stereocenters. The Balaban J connectivity index is 2.75. The van der Waals surface area contributed by atoms with Gasteiger partial charge in [-0.2, -0.15) is 0 Å². The lowest BCUT2D eigenvalue weighted by Gasteiger charge is -1.97. The zero-order valence-electron chi connectivity index (χ0n) is 7.62. The molecule has 2 aromatic rings. The summed E-state index contributed by atoms with van der Waals surface area (Å²) in [4.78, 5) is 11.8. The van der Waals surface area contributed by atoms with Gasteiger partial charge in [-0.1, -0.05) is 18.2 Å². The van der Waals surface area contributed by atoms with Crippen molar-refractivity contribution < 1.29 is 4.42 Å². The highest BCUT2D eigenvalue weighted by Gasteiger charge is 2.04. The van der Waals surface area contributed by atoms with Crippen molar-refractivity contribution in [3.63, 3.8) is 0 Å². The predicted octanol–water partition coefficient (Wildman–Crippen LogP) is 2.32. The second kappa shape index (κ2) is 3.50.